The second kappa shape index (κ2) is 4.44. The van der Waals surface area contributed by atoms with Crippen molar-refractivity contribution in [2.24, 2.45) is 15.8 Å². The smallest absolute Gasteiger partial charge is 0.194 e. The molecule has 15 heavy (non-hydrogen) atoms. The highest BCUT2D eigenvalue weighted by molar-refractivity contribution is 7.63. The van der Waals surface area contributed by atoms with Gasteiger partial charge in [0.25, 0.3) is 0 Å². The molecular weight excluding hydrogens is 213 g/mol. The quantitative estimate of drug-likeness (QED) is 0.583. The maximum atomic E-state index is 10.5. The van der Waals surface area contributed by atoms with Crippen molar-refractivity contribution in [3.63, 3.8) is 0 Å². The van der Waals surface area contributed by atoms with Crippen molar-refractivity contribution in [2.45, 2.75) is 53.6 Å². The summed E-state index contributed by atoms with van der Waals surface area (Å²) in [6.45, 7) is 11.7. The third-order valence-corrected chi connectivity index (χ3v) is 4.38. The number of hydrogen-bond donors (Lipinski definition) is 2. The van der Waals surface area contributed by atoms with Crippen LogP contribution in [0.25, 0.3) is 0 Å². The molecule has 5 heteroatoms. The summed E-state index contributed by atoms with van der Waals surface area (Å²) in [5, 5.41) is 0. The zero-order chi connectivity index (χ0) is 12.5. The van der Waals surface area contributed by atoms with Crippen LogP contribution in [0, 0.1) is 15.7 Å². The average molecular weight is 236 g/mol. The van der Waals surface area contributed by atoms with E-state index in [-0.39, 0.29) is 10.8 Å². The fourth-order valence-electron chi connectivity index (χ4n) is 1.59. The minimum Gasteiger partial charge on any atom is -0.194 e. The molecule has 0 radical (unpaired) electrons. The fraction of sp³-hybridized carbons (Fsp3) is 1.00. The molecule has 0 amide bonds. The molecule has 0 heterocycles. The molecule has 90 valence electrons. The van der Waals surface area contributed by atoms with E-state index in [0.717, 1.165) is 0 Å². The normalized spacial score (nSPS) is 16.3. The number of hydrogen-bond acceptors (Lipinski definition) is 4. The van der Waals surface area contributed by atoms with E-state index < -0.39 is 13.5 Å². The van der Waals surface area contributed by atoms with E-state index >= 15 is 0 Å². The molecular formula is C10H23NO3P+. The van der Waals surface area contributed by atoms with Gasteiger partial charge in [0.2, 0.25) is 0 Å². The minimum atomic E-state index is -3.68. The average Bonchev–Trinajstić information content (AvgIpc) is 1.96. The maximum absolute atomic E-state index is 10.5. The molecule has 1 unspecified atom stereocenters. The van der Waals surface area contributed by atoms with Crippen molar-refractivity contribution in [3.8, 4) is 0 Å². The molecule has 0 aliphatic rings. The summed E-state index contributed by atoms with van der Waals surface area (Å²) in [4.78, 5) is 32.4. The second-order valence-electron chi connectivity index (χ2n) is 6.34. The van der Waals surface area contributed by atoms with Gasteiger partial charge in [0, 0.05) is 5.41 Å². The van der Waals surface area contributed by atoms with Gasteiger partial charge in [-0.3, -0.25) is 0 Å². The minimum absolute atomic E-state index is 0.0562. The second-order valence-corrected chi connectivity index (χ2v) is 8.36. The van der Waals surface area contributed by atoms with E-state index in [0.29, 0.717) is 6.42 Å². The summed E-state index contributed by atoms with van der Waals surface area (Å²) >= 11 is 0. The van der Waals surface area contributed by atoms with E-state index in [4.69, 9.17) is 0 Å². The third-order valence-electron chi connectivity index (χ3n) is 2.34. The molecule has 0 fully saturated rings. The van der Waals surface area contributed by atoms with Crippen molar-refractivity contribution in [1.29, 1.82) is 0 Å². The summed E-state index contributed by atoms with van der Waals surface area (Å²) in [5.41, 5.74) is -0.861. The van der Waals surface area contributed by atoms with Crippen LogP contribution in [0.5, 0.6) is 0 Å². The van der Waals surface area contributed by atoms with Gasteiger partial charge < -0.3 is 0 Å². The largest absolute Gasteiger partial charge is 0.439 e. The van der Waals surface area contributed by atoms with Gasteiger partial charge in [-0.05, 0) is 11.8 Å². The zero-order valence-corrected chi connectivity index (χ0v) is 11.4. The zero-order valence-electron chi connectivity index (χ0n) is 10.5. The molecule has 0 saturated heterocycles. The van der Waals surface area contributed by atoms with Crippen molar-refractivity contribution in [1.82, 2.24) is 0 Å². The Kier molecular flexibility index (Phi) is 4.43. The van der Waals surface area contributed by atoms with Crippen molar-refractivity contribution in [2.75, 3.05) is 0 Å². The Morgan fingerprint density at radius 2 is 1.53 bits per heavy atom. The number of rotatable bonds is 3. The summed E-state index contributed by atoms with van der Waals surface area (Å²) < 4.78 is 0. The Balaban J connectivity index is 5.01. The Labute approximate surface area is 92.6 Å². The van der Waals surface area contributed by atoms with Gasteiger partial charge in [-0.2, -0.15) is 9.79 Å². The predicted molar refractivity (Wildman–Crippen MR) is 64.5 cm³/mol. The van der Waals surface area contributed by atoms with Gasteiger partial charge in [-0.15, -0.1) is 4.91 Å². The van der Waals surface area contributed by atoms with Crippen molar-refractivity contribution < 1.29 is 9.79 Å². The summed E-state index contributed by atoms with van der Waals surface area (Å²) in [6, 6.07) is 0. The molecule has 4 nitrogen and oxygen atoms in total. The van der Waals surface area contributed by atoms with E-state index in [1.165, 1.54) is 0 Å². The predicted octanol–water partition coefficient (Wildman–Crippen LogP) is 3.35. The molecule has 2 N–H and O–H groups in total. The standard InChI is InChI=1S/C10H23NO3P/c1-9(2,3)7-8(10(4,5)6)15(13,14)11-12/h8,13-14H,7H2,1-6H3/q+1. The first-order chi connectivity index (χ1) is 6.40. The van der Waals surface area contributed by atoms with E-state index in [2.05, 4.69) is 4.95 Å². The van der Waals surface area contributed by atoms with Gasteiger partial charge in [0.1, 0.15) is 0 Å². The molecule has 0 aromatic heterocycles. The summed E-state index contributed by atoms with van der Waals surface area (Å²) in [6.07, 6.45) is 0.572. The van der Waals surface area contributed by atoms with Crippen LogP contribution in [0.2, 0.25) is 0 Å². The Bertz CT molecular complexity index is 228. The molecule has 0 aliphatic heterocycles. The molecule has 0 rings (SSSR count). The van der Waals surface area contributed by atoms with Crippen LogP contribution in [0.3, 0.4) is 0 Å². The van der Waals surface area contributed by atoms with Gasteiger partial charge in [0.05, 0.1) is 0 Å². The molecule has 0 bridgehead atoms. The Morgan fingerprint density at radius 1 is 1.13 bits per heavy atom. The lowest BCUT2D eigenvalue weighted by Gasteiger charge is -2.33. The van der Waals surface area contributed by atoms with Gasteiger partial charge in [-0.25, -0.2) is 0 Å². The lowest BCUT2D eigenvalue weighted by Crippen LogP contribution is -2.32. The Morgan fingerprint density at radius 3 is 1.73 bits per heavy atom. The molecule has 0 spiro atoms. The molecule has 0 aliphatic carbocycles. The molecule has 1 atom stereocenters. The molecule has 0 aromatic carbocycles. The van der Waals surface area contributed by atoms with Crippen LogP contribution in [0.4, 0.5) is 0 Å². The summed E-state index contributed by atoms with van der Waals surface area (Å²) in [5.74, 6) is 0. The van der Waals surface area contributed by atoms with Crippen LogP contribution in [-0.4, -0.2) is 15.4 Å². The van der Waals surface area contributed by atoms with Gasteiger partial charge >= 0.3 is 7.87 Å². The van der Waals surface area contributed by atoms with Crippen LogP contribution in [0.1, 0.15) is 48.0 Å². The number of nitroso groups, excluding NO2 is 1. The summed E-state index contributed by atoms with van der Waals surface area (Å²) in [7, 11) is -3.68. The van der Waals surface area contributed by atoms with Crippen LogP contribution in [-0.2, 0) is 0 Å². The SMILES string of the molecule is CC(C)(C)CC(C(C)(C)C)[P+](O)(O)N=O. The van der Waals surface area contributed by atoms with E-state index in [9.17, 15) is 14.7 Å². The highest BCUT2D eigenvalue weighted by Crippen LogP contribution is 2.63. The lowest BCUT2D eigenvalue weighted by atomic mass is 9.81. The van der Waals surface area contributed by atoms with Crippen molar-refractivity contribution in [3.05, 3.63) is 4.91 Å². The topological polar surface area (TPSA) is 69.9 Å². The van der Waals surface area contributed by atoms with E-state index in [1.807, 2.05) is 41.5 Å². The van der Waals surface area contributed by atoms with Gasteiger partial charge in [-0.1, -0.05) is 41.5 Å². The van der Waals surface area contributed by atoms with Crippen molar-refractivity contribution >= 4 is 7.87 Å². The first-order valence-electron chi connectivity index (χ1n) is 5.09. The highest BCUT2D eigenvalue weighted by atomic mass is 31.2. The van der Waals surface area contributed by atoms with Crippen LogP contribution < -0.4 is 0 Å². The van der Waals surface area contributed by atoms with E-state index in [1.54, 1.807) is 0 Å². The lowest BCUT2D eigenvalue weighted by molar-refractivity contribution is 0.252. The highest BCUT2D eigenvalue weighted by Gasteiger charge is 2.54. The van der Waals surface area contributed by atoms with Crippen LogP contribution >= 0.6 is 7.87 Å². The van der Waals surface area contributed by atoms with Crippen LogP contribution in [0.15, 0.2) is 4.95 Å². The van der Waals surface area contributed by atoms with Gasteiger partial charge in [0.15, 0.2) is 10.6 Å². The molecule has 0 saturated carbocycles. The monoisotopic (exact) mass is 236 g/mol. The Hall–Kier alpha value is -0.0500. The maximum Gasteiger partial charge on any atom is 0.439 e. The first-order valence-corrected chi connectivity index (χ1v) is 6.81. The third kappa shape index (κ3) is 5.01. The first kappa shape index (κ1) is 14.9. The molecule has 0 aromatic rings. The number of nitrogens with zero attached hydrogens (tertiary/aromatic N) is 1. The fourth-order valence-corrected chi connectivity index (χ4v) is 3.53.